The molecule has 0 bridgehead atoms. The Morgan fingerprint density at radius 3 is 2.39 bits per heavy atom. The molecular formula is C13H10F2N2O. The van der Waals surface area contributed by atoms with Gasteiger partial charge in [0.15, 0.2) is 0 Å². The number of nitrogens with one attached hydrogen (secondary N) is 1. The van der Waals surface area contributed by atoms with E-state index >= 15 is 0 Å². The van der Waals surface area contributed by atoms with Gasteiger partial charge < -0.3 is 11.1 Å². The van der Waals surface area contributed by atoms with Gasteiger partial charge in [-0.25, -0.2) is 8.78 Å². The van der Waals surface area contributed by atoms with Crippen LogP contribution in [0.1, 0.15) is 10.4 Å². The highest BCUT2D eigenvalue weighted by Crippen LogP contribution is 2.18. The molecule has 0 aliphatic rings. The molecule has 18 heavy (non-hydrogen) atoms. The maximum absolute atomic E-state index is 13.4. The molecule has 0 aliphatic carbocycles. The molecule has 0 atom stereocenters. The Morgan fingerprint density at radius 2 is 1.72 bits per heavy atom. The number of rotatable bonds is 2. The Labute approximate surface area is 102 Å². The van der Waals surface area contributed by atoms with Crippen LogP contribution in [0.2, 0.25) is 0 Å². The van der Waals surface area contributed by atoms with E-state index < -0.39 is 17.5 Å². The summed E-state index contributed by atoms with van der Waals surface area (Å²) in [6, 6.07) is 8.81. The fourth-order valence-corrected chi connectivity index (χ4v) is 1.43. The predicted molar refractivity (Wildman–Crippen MR) is 65.2 cm³/mol. The summed E-state index contributed by atoms with van der Waals surface area (Å²) in [5.41, 5.74) is 6.06. The fraction of sp³-hybridized carbons (Fsp3) is 0. The van der Waals surface area contributed by atoms with E-state index in [-0.39, 0.29) is 11.3 Å². The Hall–Kier alpha value is -2.43. The lowest BCUT2D eigenvalue weighted by molar-refractivity contribution is 0.102. The van der Waals surface area contributed by atoms with Crippen LogP contribution in [-0.2, 0) is 0 Å². The molecule has 2 aromatic rings. The van der Waals surface area contributed by atoms with Crippen molar-refractivity contribution in [3.63, 3.8) is 0 Å². The number of anilines is 2. The first kappa shape index (κ1) is 12.0. The van der Waals surface area contributed by atoms with Gasteiger partial charge in [0.05, 0.1) is 5.69 Å². The lowest BCUT2D eigenvalue weighted by atomic mass is 10.2. The van der Waals surface area contributed by atoms with Crippen LogP contribution in [0, 0.1) is 11.6 Å². The van der Waals surface area contributed by atoms with Gasteiger partial charge in [0.2, 0.25) is 0 Å². The van der Waals surface area contributed by atoms with Crippen molar-refractivity contribution in [1.82, 2.24) is 0 Å². The van der Waals surface area contributed by atoms with E-state index in [0.717, 1.165) is 18.2 Å². The van der Waals surface area contributed by atoms with Gasteiger partial charge in [0, 0.05) is 11.3 Å². The summed E-state index contributed by atoms with van der Waals surface area (Å²) < 4.78 is 26.1. The minimum absolute atomic E-state index is 0.00988. The van der Waals surface area contributed by atoms with E-state index in [1.165, 1.54) is 24.3 Å². The van der Waals surface area contributed by atoms with E-state index in [0.29, 0.717) is 5.69 Å². The second kappa shape index (κ2) is 4.83. The van der Waals surface area contributed by atoms with Gasteiger partial charge in [-0.2, -0.15) is 0 Å². The Balaban J connectivity index is 2.21. The molecule has 0 heterocycles. The molecule has 3 N–H and O–H groups in total. The van der Waals surface area contributed by atoms with E-state index in [4.69, 9.17) is 5.73 Å². The third-order valence-electron chi connectivity index (χ3n) is 2.35. The summed E-state index contributed by atoms with van der Waals surface area (Å²) >= 11 is 0. The Morgan fingerprint density at radius 1 is 1.06 bits per heavy atom. The summed E-state index contributed by atoms with van der Waals surface area (Å²) in [6.45, 7) is 0. The Bertz CT molecular complexity index is 582. The number of nitrogens with two attached hydrogens (primary N) is 1. The van der Waals surface area contributed by atoms with Crippen molar-refractivity contribution < 1.29 is 13.6 Å². The van der Waals surface area contributed by atoms with Crippen LogP contribution in [0.15, 0.2) is 42.5 Å². The second-order valence-corrected chi connectivity index (χ2v) is 3.70. The zero-order valence-electron chi connectivity index (χ0n) is 9.28. The maximum Gasteiger partial charge on any atom is 0.255 e. The van der Waals surface area contributed by atoms with Gasteiger partial charge in [-0.15, -0.1) is 0 Å². The number of hydrogen-bond donors (Lipinski definition) is 2. The number of benzene rings is 2. The van der Waals surface area contributed by atoms with Crippen molar-refractivity contribution in [3.8, 4) is 0 Å². The minimum atomic E-state index is -0.584. The molecule has 0 aliphatic heterocycles. The standard InChI is InChI=1S/C13H10F2N2O/c14-9-3-1-8(2-4-9)13(18)17-12-7-10(16)5-6-11(12)15/h1-7H,16H2,(H,17,18). The molecule has 0 radical (unpaired) electrons. The van der Waals surface area contributed by atoms with Gasteiger partial charge in [0.25, 0.3) is 5.91 Å². The lowest BCUT2D eigenvalue weighted by Crippen LogP contribution is -2.13. The summed E-state index contributed by atoms with van der Waals surface area (Å²) in [5.74, 6) is -1.55. The number of carbonyl (C=O) groups is 1. The number of nitrogen functional groups attached to an aromatic ring is 1. The first-order valence-corrected chi connectivity index (χ1v) is 5.18. The molecule has 3 nitrogen and oxygen atoms in total. The molecule has 0 spiro atoms. The third kappa shape index (κ3) is 2.63. The molecule has 1 amide bonds. The highest BCUT2D eigenvalue weighted by molar-refractivity contribution is 6.04. The zero-order valence-corrected chi connectivity index (χ0v) is 9.28. The molecule has 92 valence electrons. The normalized spacial score (nSPS) is 10.1. The van der Waals surface area contributed by atoms with Crippen molar-refractivity contribution in [2.45, 2.75) is 0 Å². The minimum Gasteiger partial charge on any atom is -0.399 e. The van der Waals surface area contributed by atoms with Crippen molar-refractivity contribution in [3.05, 3.63) is 59.7 Å². The predicted octanol–water partition coefficient (Wildman–Crippen LogP) is 2.80. The van der Waals surface area contributed by atoms with Crippen LogP contribution < -0.4 is 11.1 Å². The molecule has 2 aromatic carbocycles. The van der Waals surface area contributed by atoms with Gasteiger partial charge in [-0.05, 0) is 42.5 Å². The van der Waals surface area contributed by atoms with E-state index in [1.807, 2.05) is 0 Å². The van der Waals surface area contributed by atoms with Crippen LogP contribution in [0.4, 0.5) is 20.2 Å². The van der Waals surface area contributed by atoms with Gasteiger partial charge in [0.1, 0.15) is 11.6 Å². The molecule has 0 saturated carbocycles. The van der Waals surface area contributed by atoms with E-state index in [1.54, 1.807) is 0 Å². The van der Waals surface area contributed by atoms with Crippen molar-refractivity contribution in [1.29, 1.82) is 0 Å². The number of carbonyl (C=O) groups excluding carboxylic acids is 1. The Kier molecular flexibility index (Phi) is 3.23. The van der Waals surface area contributed by atoms with Crippen LogP contribution in [-0.4, -0.2) is 5.91 Å². The molecular weight excluding hydrogens is 238 g/mol. The first-order chi connectivity index (χ1) is 8.56. The summed E-state index contributed by atoms with van der Waals surface area (Å²) in [6.07, 6.45) is 0. The molecule has 0 unspecified atom stereocenters. The summed E-state index contributed by atoms with van der Waals surface area (Å²) in [5, 5.41) is 2.37. The molecule has 0 aromatic heterocycles. The van der Waals surface area contributed by atoms with Gasteiger partial charge in [-0.1, -0.05) is 0 Å². The van der Waals surface area contributed by atoms with Crippen LogP contribution >= 0.6 is 0 Å². The number of halogens is 2. The van der Waals surface area contributed by atoms with Crippen molar-refractivity contribution in [2.75, 3.05) is 11.1 Å². The maximum atomic E-state index is 13.4. The zero-order chi connectivity index (χ0) is 13.1. The lowest BCUT2D eigenvalue weighted by Gasteiger charge is -2.07. The van der Waals surface area contributed by atoms with Crippen molar-refractivity contribution in [2.24, 2.45) is 0 Å². The topological polar surface area (TPSA) is 55.1 Å². The van der Waals surface area contributed by atoms with E-state index in [2.05, 4.69) is 5.32 Å². The largest absolute Gasteiger partial charge is 0.399 e. The highest BCUT2D eigenvalue weighted by atomic mass is 19.1. The second-order valence-electron chi connectivity index (χ2n) is 3.70. The number of amides is 1. The monoisotopic (exact) mass is 248 g/mol. The molecule has 2 rings (SSSR count). The molecule has 0 saturated heterocycles. The molecule has 0 fully saturated rings. The molecule has 5 heteroatoms. The summed E-state index contributed by atoms with van der Waals surface area (Å²) in [4.78, 5) is 11.7. The first-order valence-electron chi connectivity index (χ1n) is 5.18. The van der Waals surface area contributed by atoms with Gasteiger partial charge >= 0.3 is 0 Å². The average molecular weight is 248 g/mol. The fourth-order valence-electron chi connectivity index (χ4n) is 1.43. The van der Waals surface area contributed by atoms with Crippen LogP contribution in [0.25, 0.3) is 0 Å². The van der Waals surface area contributed by atoms with Crippen LogP contribution in [0.5, 0.6) is 0 Å². The summed E-state index contributed by atoms with van der Waals surface area (Å²) in [7, 11) is 0. The van der Waals surface area contributed by atoms with Gasteiger partial charge in [-0.3, -0.25) is 4.79 Å². The number of hydrogen-bond acceptors (Lipinski definition) is 2. The van der Waals surface area contributed by atoms with E-state index in [9.17, 15) is 13.6 Å². The highest BCUT2D eigenvalue weighted by Gasteiger charge is 2.09. The SMILES string of the molecule is Nc1ccc(F)c(NC(=O)c2ccc(F)cc2)c1. The third-order valence-corrected chi connectivity index (χ3v) is 2.35. The van der Waals surface area contributed by atoms with Crippen molar-refractivity contribution >= 4 is 17.3 Å². The quantitative estimate of drug-likeness (QED) is 0.803. The average Bonchev–Trinajstić information content (AvgIpc) is 2.34. The van der Waals surface area contributed by atoms with Crippen LogP contribution in [0.3, 0.4) is 0 Å². The smallest absolute Gasteiger partial charge is 0.255 e.